The molecule has 212 valence electrons. The van der Waals surface area contributed by atoms with Crippen molar-refractivity contribution in [3.05, 3.63) is 93.8 Å². The smallest absolute Gasteiger partial charge is 0.190 e. The molecule has 4 aromatic carbocycles. The van der Waals surface area contributed by atoms with E-state index in [4.69, 9.17) is 9.72 Å². The van der Waals surface area contributed by atoms with Gasteiger partial charge in [-0.15, -0.1) is 0 Å². The second kappa shape index (κ2) is 10.6. The number of hydrogen-bond donors (Lipinski definition) is 0. The zero-order chi connectivity index (χ0) is 29.9. The fourth-order valence-corrected chi connectivity index (χ4v) is 6.87. The molecular formula is C36H36N4OS. The van der Waals surface area contributed by atoms with Crippen LogP contribution in [0.25, 0.3) is 50.0 Å². The van der Waals surface area contributed by atoms with Gasteiger partial charge in [0, 0.05) is 16.3 Å². The molecule has 0 radical (unpaired) electrons. The number of fused-ring (bicyclic) bond motifs is 3. The first-order valence-electron chi connectivity index (χ1n) is 14.2. The van der Waals surface area contributed by atoms with E-state index in [0.29, 0.717) is 5.82 Å². The van der Waals surface area contributed by atoms with Gasteiger partial charge in [-0.1, -0.05) is 30.0 Å². The first kappa shape index (κ1) is 28.0. The maximum atomic E-state index is 5.70. The summed E-state index contributed by atoms with van der Waals surface area (Å²) >= 11 is 1.53. The molecule has 0 saturated carbocycles. The van der Waals surface area contributed by atoms with Crippen molar-refractivity contribution in [1.82, 2.24) is 19.5 Å². The fourth-order valence-electron chi connectivity index (χ4n) is 6.54. The van der Waals surface area contributed by atoms with E-state index in [-0.39, 0.29) is 0 Å². The third-order valence-corrected chi connectivity index (χ3v) is 9.30. The SMILES string of the molecule is COc1ccc2c(c1)c1cc(-c3c(C)c(C)cc(C)c3C)ccc1n2-c1c(C)cc(C)c(-c2ncnc(SC)n2)c1C. The van der Waals surface area contributed by atoms with Crippen LogP contribution in [0.3, 0.4) is 0 Å². The molecule has 0 aliphatic carbocycles. The molecule has 0 N–H and O–H groups in total. The van der Waals surface area contributed by atoms with Gasteiger partial charge in [0.05, 0.1) is 23.8 Å². The van der Waals surface area contributed by atoms with E-state index in [1.54, 1.807) is 13.4 Å². The molecule has 2 heterocycles. The van der Waals surface area contributed by atoms with Crippen molar-refractivity contribution in [1.29, 1.82) is 0 Å². The van der Waals surface area contributed by atoms with E-state index >= 15 is 0 Å². The highest BCUT2D eigenvalue weighted by atomic mass is 32.2. The monoisotopic (exact) mass is 572 g/mol. The van der Waals surface area contributed by atoms with Crippen molar-refractivity contribution < 1.29 is 4.74 Å². The molecule has 0 saturated heterocycles. The Morgan fingerprint density at radius 3 is 1.98 bits per heavy atom. The quantitative estimate of drug-likeness (QED) is 0.193. The van der Waals surface area contributed by atoms with Gasteiger partial charge in [0.2, 0.25) is 0 Å². The molecular weight excluding hydrogens is 536 g/mol. The van der Waals surface area contributed by atoms with Crippen LogP contribution in [-0.2, 0) is 0 Å². The molecule has 5 nitrogen and oxygen atoms in total. The second-order valence-electron chi connectivity index (χ2n) is 11.2. The zero-order valence-electron chi connectivity index (χ0n) is 25.8. The zero-order valence-corrected chi connectivity index (χ0v) is 26.6. The van der Waals surface area contributed by atoms with Crippen molar-refractivity contribution in [2.45, 2.75) is 53.6 Å². The van der Waals surface area contributed by atoms with Gasteiger partial charge in [0.15, 0.2) is 11.0 Å². The fraction of sp³-hybridized carbons (Fsp3) is 0.250. The first-order chi connectivity index (χ1) is 20.1. The topological polar surface area (TPSA) is 52.8 Å². The van der Waals surface area contributed by atoms with Gasteiger partial charge in [-0.25, -0.2) is 15.0 Å². The minimum absolute atomic E-state index is 0.705. The minimum Gasteiger partial charge on any atom is -0.497 e. The maximum Gasteiger partial charge on any atom is 0.190 e. The van der Waals surface area contributed by atoms with Crippen molar-refractivity contribution in [3.63, 3.8) is 0 Å². The molecule has 0 fully saturated rings. The number of benzene rings is 4. The summed E-state index contributed by atoms with van der Waals surface area (Å²) in [5.74, 6) is 1.55. The van der Waals surface area contributed by atoms with Crippen LogP contribution in [-0.4, -0.2) is 32.9 Å². The number of ether oxygens (including phenoxy) is 1. The van der Waals surface area contributed by atoms with Crippen molar-refractivity contribution in [3.8, 4) is 34.0 Å². The molecule has 0 aliphatic heterocycles. The number of nitrogens with zero attached hydrogens (tertiary/aromatic N) is 4. The van der Waals surface area contributed by atoms with Gasteiger partial charge in [0.25, 0.3) is 0 Å². The summed E-state index contributed by atoms with van der Waals surface area (Å²) in [6.45, 7) is 15.4. The maximum absolute atomic E-state index is 5.70. The van der Waals surface area contributed by atoms with Crippen LogP contribution in [0.2, 0.25) is 0 Å². The van der Waals surface area contributed by atoms with E-state index in [1.165, 1.54) is 56.1 Å². The van der Waals surface area contributed by atoms with E-state index in [9.17, 15) is 0 Å². The average molecular weight is 573 g/mol. The van der Waals surface area contributed by atoms with E-state index in [0.717, 1.165) is 49.7 Å². The standard InChI is InChI=1S/C36H36N4OS/c1-19-14-20(2)24(6)33(23(19)5)26-10-12-30-28(16-26)29-17-27(41-8)11-13-31(29)40(30)34-22(4)15-21(3)32(25(34)7)35-37-18-38-36(39-35)42-9/h10-18H,1-9H3. The van der Waals surface area contributed by atoms with Crippen LogP contribution in [0.5, 0.6) is 5.75 Å². The lowest BCUT2D eigenvalue weighted by Gasteiger charge is -2.20. The van der Waals surface area contributed by atoms with Gasteiger partial charge in [-0.2, -0.15) is 0 Å². The van der Waals surface area contributed by atoms with E-state index < -0.39 is 0 Å². The average Bonchev–Trinajstić information content (AvgIpc) is 3.29. The van der Waals surface area contributed by atoms with Gasteiger partial charge < -0.3 is 9.30 Å². The van der Waals surface area contributed by atoms with Crippen molar-refractivity contribution in [2.24, 2.45) is 0 Å². The summed E-state index contributed by atoms with van der Waals surface area (Å²) in [6.07, 6.45) is 3.60. The Morgan fingerprint density at radius 1 is 0.667 bits per heavy atom. The normalized spacial score (nSPS) is 11.5. The lowest BCUT2D eigenvalue weighted by molar-refractivity contribution is 0.415. The molecule has 2 aromatic heterocycles. The van der Waals surface area contributed by atoms with E-state index in [1.807, 2.05) is 12.3 Å². The predicted octanol–water partition coefficient (Wildman–Crippen LogP) is 9.19. The van der Waals surface area contributed by atoms with Gasteiger partial charge in [-0.3, -0.25) is 0 Å². The van der Waals surface area contributed by atoms with E-state index in [2.05, 4.69) is 105 Å². The Labute approximate surface area is 252 Å². The lowest BCUT2D eigenvalue weighted by Crippen LogP contribution is -2.05. The number of hydrogen-bond acceptors (Lipinski definition) is 5. The molecule has 6 rings (SSSR count). The molecule has 6 heteroatoms. The molecule has 0 amide bonds. The number of rotatable bonds is 5. The summed E-state index contributed by atoms with van der Waals surface area (Å²) in [7, 11) is 1.73. The molecule has 42 heavy (non-hydrogen) atoms. The molecule has 6 aromatic rings. The van der Waals surface area contributed by atoms with Crippen LogP contribution in [0.15, 0.2) is 60.0 Å². The Kier molecular flexibility index (Phi) is 7.06. The van der Waals surface area contributed by atoms with Crippen molar-refractivity contribution >= 4 is 33.6 Å². The van der Waals surface area contributed by atoms with Gasteiger partial charge in [0.1, 0.15) is 12.1 Å². The molecule has 0 atom stereocenters. The number of methoxy groups -OCH3 is 1. The summed E-state index contributed by atoms with van der Waals surface area (Å²) < 4.78 is 8.10. The van der Waals surface area contributed by atoms with Crippen LogP contribution >= 0.6 is 11.8 Å². The summed E-state index contributed by atoms with van der Waals surface area (Å²) in [4.78, 5) is 13.7. The van der Waals surface area contributed by atoms with Gasteiger partial charge in [-0.05, 0) is 135 Å². The van der Waals surface area contributed by atoms with Crippen LogP contribution in [0.1, 0.15) is 38.9 Å². The van der Waals surface area contributed by atoms with Crippen LogP contribution in [0.4, 0.5) is 0 Å². The highest BCUT2D eigenvalue weighted by Gasteiger charge is 2.22. The lowest BCUT2D eigenvalue weighted by atomic mass is 9.89. The Hall–Kier alpha value is -4.16. The third-order valence-electron chi connectivity index (χ3n) is 8.74. The predicted molar refractivity (Wildman–Crippen MR) is 177 cm³/mol. The van der Waals surface area contributed by atoms with Crippen LogP contribution < -0.4 is 4.74 Å². The molecule has 0 spiro atoms. The number of aromatic nitrogens is 4. The largest absolute Gasteiger partial charge is 0.497 e. The minimum atomic E-state index is 0.705. The molecule has 0 aliphatic rings. The van der Waals surface area contributed by atoms with Gasteiger partial charge >= 0.3 is 0 Å². The summed E-state index contributed by atoms with van der Waals surface area (Å²) in [5.41, 5.74) is 15.8. The Balaban J connectivity index is 1.69. The third kappa shape index (κ3) is 4.36. The highest BCUT2D eigenvalue weighted by molar-refractivity contribution is 7.98. The molecule has 0 unspecified atom stereocenters. The summed E-state index contributed by atoms with van der Waals surface area (Å²) in [5, 5.41) is 3.08. The first-order valence-corrected chi connectivity index (χ1v) is 15.4. The number of aryl methyl sites for hydroxylation is 4. The second-order valence-corrected chi connectivity index (χ2v) is 12.0. The summed E-state index contributed by atoms with van der Waals surface area (Å²) in [6, 6.07) is 17.8. The Bertz CT molecular complexity index is 2010. The number of thioether (sulfide) groups is 1. The highest BCUT2D eigenvalue weighted by Crippen LogP contribution is 2.41. The Morgan fingerprint density at radius 2 is 1.31 bits per heavy atom. The molecule has 0 bridgehead atoms. The van der Waals surface area contributed by atoms with Crippen LogP contribution in [0, 0.1) is 48.5 Å². The van der Waals surface area contributed by atoms with Crippen molar-refractivity contribution in [2.75, 3.05) is 13.4 Å².